The van der Waals surface area contributed by atoms with E-state index in [1.165, 1.54) is 11.8 Å². The highest BCUT2D eigenvalue weighted by molar-refractivity contribution is 7.99. The lowest BCUT2D eigenvalue weighted by Crippen LogP contribution is -1.98. The second-order valence-corrected chi connectivity index (χ2v) is 4.62. The SMILES string of the molecule is Cc1nc(Sc2c(Cl)cccc2CN)n[nH]1. The lowest BCUT2D eigenvalue weighted by molar-refractivity contribution is 0.964. The summed E-state index contributed by atoms with van der Waals surface area (Å²) in [6.07, 6.45) is 0. The zero-order chi connectivity index (χ0) is 11.5. The van der Waals surface area contributed by atoms with Gasteiger partial charge < -0.3 is 5.73 Å². The van der Waals surface area contributed by atoms with Crippen LogP contribution in [-0.4, -0.2) is 15.2 Å². The van der Waals surface area contributed by atoms with Crippen LogP contribution in [-0.2, 0) is 6.54 Å². The molecule has 0 saturated heterocycles. The lowest BCUT2D eigenvalue weighted by atomic mass is 10.2. The number of aromatic nitrogens is 3. The van der Waals surface area contributed by atoms with E-state index in [0.29, 0.717) is 16.7 Å². The van der Waals surface area contributed by atoms with Crippen LogP contribution in [0, 0.1) is 6.92 Å². The number of aromatic amines is 1. The standard InChI is InChI=1S/C10H11ClN4S/c1-6-13-10(15-14-6)16-9-7(5-12)3-2-4-8(9)11/h2-4H,5,12H2,1H3,(H,13,14,15). The normalized spacial score (nSPS) is 10.7. The van der Waals surface area contributed by atoms with E-state index in [-0.39, 0.29) is 0 Å². The van der Waals surface area contributed by atoms with E-state index >= 15 is 0 Å². The summed E-state index contributed by atoms with van der Waals surface area (Å²) in [6.45, 7) is 2.31. The maximum Gasteiger partial charge on any atom is 0.213 e. The Labute approximate surface area is 103 Å². The summed E-state index contributed by atoms with van der Waals surface area (Å²) in [5, 5.41) is 8.17. The maximum absolute atomic E-state index is 6.12. The van der Waals surface area contributed by atoms with E-state index in [2.05, 4.69) is 15.2 Å². The molecule has 1 heterocycles. The number of nitrogens with two attached hydrogens (primary N) is 1. The summed E-state index contributed by atoms with van der Waals surface area (Å²) in [5.41, 5.74) is 6.66. The average Bonchev–Trinajstić information content (AvgIpc) is 2.67. The predicted octanol–water partition coefficient (Wildman–Crippen LogP) is 2.38. The fourth-order valence-electron chi connectivity index (χ4n) is 1.29. The Kier molecular flexibility index (Phi) is 3.48. The monoisotopic (exact) mass is 254 g/mol. The van der Waals surface area contributed by atoms with Gasteiger partial charge in [0.05, 0.1) is 5.02 Å². The van der Waals surface area contributed by atoms with Crippen LogP contribution in [0.4, 0.5) is 0 Å². The number of aryl methyl sites for hydroxylation is 1. The van der Waals surface area contributed by atoms with Crippen LogP contribution < -0.4 is 5.73 Å². The van der Waals surface area contributed by atoms with Gasteiger partial charge in [-0.05, 0) is 30.3 Å². The Balaban J connectivity index is 2.33. The van der Waals surface area contributed by atoms with Crippen molar-refractivity contribution in [2.24, 2.45) is 5.73 Å². The predicted molar refractivity (Wildman–Crippen MR) is 64.6 cm³/mol. The van der Waals surface area contributed by atoms with Crippen molar-refractivity contribution in [2.75, 3.05) is 0 Å². The van der Waals surface area contributed by atoms with Crippen LogP contribution in [0.3, 0.4) is 0 Å². The number of nitrogens with one attached hydrogen (secondary N) is 1. The molecule has 1 aromatic heterocycles. The molecule has 0 aliphatic carbocycles. The van der Waals surface area contributed by atoms with Crippen molar-refractivity contribution in [1.29, 1.82) is 0 Å². The summed E-state index contributed by atoms with van der Waals surface area (Å²) >= 11 is 7.54. The zero-order valence-corrected chi connectivity index (χ0v) is 10.3. The number of nitrogens with zero attached hydrogens (tertiary/aromatic N) is 2. The zero-order valence-electron chi connectivity index (χ0n) is 8.70. The number of halogens is 1. The first kappa shape index (κ1) is 11.4. The van der Waals surface area contributed by atoms with Gasteiger partial charge in [-0.25, -0.2) is 4.98 Å². The van der Waals surface area contributed by atoms with Gasteiger partial charge in [-0.2, -0.15) is 0 Å². The molecule has 84 valence electrons. The van der Waals surface area contributed by atoms with Crippen LogP contribution in [0.15, 0.2) is 28.3 Å². The molecule has 0 spiro atoms. The lowest BCUT2D eigenvalue weighted by Gasteiger charge is -2.06. The molecule has 0 amide bonds. The van der Waals surface area contributed by atoms with Gasteiger partial charge in [0, 0.05) is 11.4 Å². The topological polar surface area (TPSA) is 67.6 Å². The van der Waals surface area contributed by atoms with Crippen molar-refractivity contribution in [2.45, 2.75) is 23.5 Å². The van der Waals surface area contributed by atoms with E-state index in [1.807, 2.05) is 25.1 Å². The maximum atomic E-state index is 6.12. The third kappa shape index (κ3) is 2.37. The first-order chi connectivity index (χ1) is 7.70. The second kappa shape index (κ2) is 4.86. The first-order valence-corrected chi connectivity index (χ1v) is 5.94. The molecule has 1 aromatic carbocycles. The summed E-state index contributed by atoms with van der Waals surface area (Å²) in [6, 6.07) is 5.67. The third-order valence-electron chi connectivity index (χ3n) is 2.04. The molecular formula is C10H11ClN4S. The molecule has 0 saturated carbocycles. The number of benzene rings is 1. The number of rotatable bonds is 3. The number of hydrogen-bond acceptors (Lipinski definition) is 4. The Morgan fingerprint density at radius 2 is 2.31 bits per heavy atom. The minimum atomic E-state index is 0.451. The van der Waals surface area contributed by atoms with Gasteiger partial charge in [0.25, 0.3) is 0 Å². The highest BCUT2D eigenvalue weighted by atomic mass is 35.5. The molecule has 4 nitrogen and oxygen atoms in total. The Hall–Kier alpha value is -1.04. The smallest absolute Gasteiger partial charge is 0.213 e. The summed E-state index contributed by atoms with van der Waals surface area (Å²) in [4.78, 5) is 5.14. The van der Waals surface area contributed by atoms with Gasteiger partial charge in [0.1, 0.15) is 5.82 Å². The molecule has 3 N–H and O–H groups in total. The third-order valence-corrected chi connectivity index (χ3v) is 3.52. The van der Waals surface area contributed by atoms with Crippen LogP contribution in [0.5, 0.6) is 0 Å². The summed E-state index contributed by atoms with van der Waals surface area (Å²) < 4.78 is 0. The molecule has 0 bridgehead atoms. The van der Waals surface area contributed by atoms with E-state index in [9.17, 15) is 0 Å². The van der Waals surface area contributed by atoms with Gasteiger partial charge in [-0.1, -0.05) is 23.7 Å². The van der Waals surface area contributed by atoms with Crippen LogP contribution >= 0.6 is 23.4 Å². The highest BCUT2D eigenvalue weighted by Gasteiger charge is 2.10. The Bertz CT molecular complexity index is 497. The van der Waals surface area contributed by atoms with E-state index in [1.54, 1.807) is 0 Å². The van der Waals surface area contributed by atoms with Gasteiger partial charge >= 0.3 is 0 Å². The van der Waals surface area contributed by atoms with Crippen molar-refractivity contribution < 1.29 is 0 Å². The molecule has 0 fully saturated rings. The first-order valence-electron chi connectivity index (χ1n) is 4.75. The molecule has 0 aliphatic heterocycles. The largest absolute Gasteiger partial charge is 0.326 e. The number of hydrogen-bond donors (Lipinski definition) is 2. The average molecular weight is 255 g/mol. The molecule has 0 atom stereocenters. The summed E-state index contributed by atoms with van der Waals surface area (Å²) in [5.74, 6) is 0.781. The number of H-pyrrole nitrogens is 1. The summed E-state index contributed by atoms with van der Waals surface area (Å²) in [7, 11) is 0. The minimum absolute atomic E-state index is 0.451. The fraction of sp³-hybridized carbons (Fsp3) is 0.200. The van der Waals surface area contributed by atoms with Crippen LogP contribution in [0.25, 0.3) is 0 Å². The second-order valence-electron chi connectivity index (χ2n) is 3.24. The molecular weight excluding hydrogens is 244 g/mol. The molecule has 0 unspecified atom stereocenters. The Morgan fingerprint density at radius 1 is 1.50 bits per heavy atom. The molecule has 0 radical (unpaired) electrons. The van der Waals surface area contributed by atoms with Crippen molar-refractivity contribution in [3.63, 3.8) is 0 Å². The van der Waals surface area contributed by atoms with Gasteiger partial charge in [-0.3, -0.25) is 5.10 Å². The highest BCUT2D eigenvalue weighted by Crippen LogP contribution is 2.34. The van der Waals surface area contributed by atoms with Crippen molar-refractivity contribution >= 4 is 23.4 Å². The van der Waals surface area contributed by atoms with Gasteiger partial charge in [0.15, 0.2) is 0 Å². The quantitative estimate of drug-likeness (QED) is 0.883. The molecule has 6 heteroatoms. The van der Waals surface area contributed by atoms with Crippen molar-refractivity contribution in [3.05, 3.63) is 34.6 Å². The van der Waals surface area contributed by atoms with E-state index < -0.39 is 0 Å². The van der Waals surface area contributed by atoms with Crippen molar-refractivity contribution in [1.82, 2.24) is 15.2 Å². The van der Waals surface area contributed by atoms with Gasteiger partial charge in [-0.15, -0.1) is 5.10 Å². The fourth-order valence-corrected chi connectivity index (χ4v) is 2.50. The molecule has 16 heavy (non-hydrogen) atoms. The molecule has 0 aliphatic rings. The van der Waals surface area contributed by atoms with Crippen LogP contribution in [0.1, 0.15) is 11.4 Å². The van der Waals surface area contributed by atoms with Crippen LogP contribution in [0.2, 0.25) is 5.02 Å². The van der Waals surface area contributed by atoms with Crippen molar-refractivity contribution in [3.8, 4) is 0 Å². The minimum Gasteiger partial charge on any atom is -0.326 e. The molecule has 2 rings (SSSR count). The molecule has 2 aromatic rings. The van der Waals surface area contributed by atoms with Gasteiger partial charge in [0.2, 0.25) is 5.16 Å². The Morgan fingerprint density at radius 3 is 2.94 bits per heavy atom. The van der Waals surface area contributed by atoms with E-state index in [4.69, 9.17) is 17.3 Å². The van der Waals surface area contributed by atoms with E-state index in [0.717, 1.165) is 16.3 Å².